The highest BCUT2D eigenvalue weighted by Crippen LogP contribution is 2.49. The van der Waals surface area contributed by atoms with Crippen LogP contribution >= 0.6 is 0 Å². The number of hydrogen-bond acceptors (Lipinski definition) is 2. The zero-order chi connectivity index (χ0) is 15.6. The highest BCUT2D eigenvalue weighted by Gasteiger charge is 2.46. The Kier molecular flexibility index (Phi) is 4.55. The third kappa shape index (κ3) is 3.56. The van der Waals surface area contributed by atoms with Crippen LogP contribution in [0, 0.1) is 17.6 Å². The van der Waals surface area contributed by atoms with Crippen LogP contribution in [-0.4, -0.2) is 35.5 Å². The predicted octanol–water partition coefficient (Wildman–Crippen LogP) is 2.39. The van der Waals surface area contributed by atoms with Gasteiger partial charge < -0.3 is 10.0 Å². The van der Waals surface area contributed by atoms with E-state index < -0.39 is 17.6 Å². The normalized spacial score (nSPS) is 20.1. The molecule has 1 aliphatic carbocycles. The van der Waals surface area contributed by atoms with E-state index in [1.807, 2.05) is 0 Å². The minimum Gasteiger partial charge on any atom is -0.481 e. The van der Waals surface area contributed by atoms with Crippen molar-refractivity contribution in [1.29, 1.82) is 0 Å². The van der Waals surface area contributed by atoms with Gasteiger partial charge in [0.2, 0.25) is 5.91 Å². The maximum Gasteiger partial charge on any atom is 0.303 e. The molecule has 0 unspecified atom stereocenters. The Labute approximate surface area is 121 Å². The Morgan fingerprint density at radius 3 is 2.76 bits per heavy atom. The molecule has 1 aliphatic rings. The average Bonchev–Trinajstić information content (AvgIpc) is 3.20. The number of carboxylic acids is 1. The van der Waals surface area contributed by atoms with Crippen LogP contribution in [0.1, 0.15) is 30.7 Å². The second-order valence-corrected chi connectivity index (χ2v) is 5.35. The molecule has 0 aromatic heterocycles. The fourth-order valence-corrected chi connectivity index (χ4v) is 2.48. The Bertz CT molecular complexity index is 562. The van der Waals surface area contributed by atoms with Gasteiger partial charge in [0.25, 0.3) is 0 Å². The quantitative estimate of drug-likeness (QED) is 0.877. The standard InChI is InChI=1S/C15H17F2NO3/c1-18(7-3-6-13(19)20)15(21)11-8-10(11)9-4-2-5-12(16)14(9)17/h2,4-5,10-11H,3,6-8H2,1H3,(H,19,20)/t10-,11+/m1/s1. The van der Waals surface area contributed by atoms with Crippen molar-refractivity contribution in [3.63, 3.8) is 0 Å². The SMILES string of the molecule is CN(CCCC(=O)O)C(=O)[C@H]1C[C@@H]1c1cccc(F)c1F. The minimum absolute atomic E-state index is 0.00421. The first kappa shape index (κ1) is 15.4. The molecule has 0 spiro atoms. The third-order valence-corrected chi connectivity index (χ3v) is 3.75. The van der Waals surface area contributed by atoms with Gasteiger partial charge in [-0.3, -0.25) is 9.59 Å². The van der Waals surface area contributed by atoms with Crippen molar-refractivity contribution in [2.45, 2.75) is 25.2 Å². The van der Waals surface area contributed by atoms with Crippen LogP contribution in [0.4, 0.5) is 8.78 Å². The van der Waals surface area contributed by atoms with Crippen molar-refractivity contribution in [1.82, 2.24) is 4.90 Å². The Morgan fingerprint density at radius 2 is 2.10 bits per heavy atom. The van der Waals surface area contributed by atoms with Gasteiger partial charge in [-0.05, 0) is 30.4 Å². The van der Waals surface area contributed by atoms with Crippen LogP contribution in [0.2, 0.25) is 0 Å². The molecule has 2 rings (SSSR count). The molecule has 2 atom stereocenters. The van der Waals surface area contributed by atoms with Crippen molar-refractivity contribution in [3.05, 3.63) is 35.4 Å². The van der Waals surface area contributed by atoms with Crippen LogP contribution < -0.4 is 0 Å². The van der Waals surface area contributed by atoms with E-state index in [0.29, 0.717) is 19.4 Å². The number of carbonyl (C=O) groups is 2. The lowest BCUT2D eigenvalue weighted by atomic mass is 10.1. The molecule has 0 bridgehead atoms. The summed E-state index contributed by atoms with van der Waals surface area (Å²) in [5.74, 6) is -3.45. The van der Waals surface area contributed by atoms with Gasteiger partial charge in [-0.15, -0.1) is 0 Å². The van der Waals surface area contributed by atoms with E-state index >= 15 is 0 Å². The molecule has 21 heavy (non-hydrogen) atoms. The molecule has 114 valence electrons. The lowest BCUT2D eigenvalue weighted by Crippen LogP contribution is -2.29. The minimum atomic E-state index is -0.902. The zero-order valence-electron chi connectivity index (χ0n) is 11.7. The first-order valence-corrected chi connectivity index (χ1v) is 6.82. The number of hydrogen-bond donors (Lipinski definition) is 1. The fourth-order valence-electron chi connectivity index (χ4n) is 2.48. The van der Waals surface area contributed by atoms with Gasteiger partial charge in [0, 0.05) is 25.9 Å². The highest BCUT2D eigenvalue weighted by molar-refractivity contribution is 5.82. The maximum atomic E-state index is 13.7. The first-order valence-electron chi connectivity index (χ1n) is 6.82. The fraction of sp³-hybridized carbons (Fsp3) is 0.467. The smallest absolute Gasteiger partial charge is 0.303 e. The second-order valence-electron chi connectivity index (χ2n) is 5.35. The molecule has 1 aromatic carbocycles. The molecule has 0 aliphatic heterocycles. The molecule has 6 heteroatoms. The number of nitrogens with zero attached hydrogens (tertiary/aromatic N) is 1. The van der Waals surface area contributed by atoms with E-state index in [-0.39, 0.29) is 29.7 Å². The molecule has 1 N–H and O–H groups in total. The Hall–Kier alpha value is -1.98. The molecular weight excluding hydrogens is 280 g/mol. The van der Waals surface area contributed by atoms with Crippen LogP contribution in [0.5, 0.6) is 0 Å². The van der Waals surface area contributed by atoms with Crippen LogP contribution in [0.25, 0.3) is 0 Å². The van der Waals surface area contributed by atoms with Crippen molar-refractivity contribution in [3.8, 4) is 0 Å². The third-order valence-electron chi connectivity index (χ3n) is 3.75. The van der Waals surface area contributed by atoms with Crippen molar-refractivity contribution >= 4 is 11.9 Å². The van der Waals surface area contributed by atoms with Gasteiger partial charge in [0.1, 0.15) is 0 Å². The topological polar surface area (TPSA) is 57.6 Å². The highest BCUT2D eigenvalue weighted by atomic mass is 19.2. The van der Waals surface area contributed by atoms with E-state index in [9.17, 15) is 18.4 Å². The molecule has 0 saturated heterocycles. The number of carbonyl (C=O) groups excluding carboxylic acids is 1. The molecule has 1 amide bonds. The monoisotopic (exact) mass is 297 g/mol. The number of benzene rings is 1. The summed E-state index contributed by atoms with van der Waals surface area (Å²) < 4.78 is 26.8. The van der Waals surface area contributed by atoms with Crippen molar-refractivity contribution in [2.24, 2.45) is 5.92 Å². The van der Waals surface area contributed by atoms with E-state index in [2.05, 4.69) is 0 Å². The summed E-state index contributed by atoms with van der Waals surface area (Å²) in [4.78, 5) is 24.0. The van der Waals surface area contributed by atoms with Gasteiger partial charge in [0.05, 0.1) is 0 Å². The summed E-state index contributed by atoms with van der Waals surface area (Å²) in [6.45, 7) is 0.347. The first-order chi connectivity index (χ1) is 9.91. The summed E-state index contributed by atoms with van der Waals surface area (Å²) in [5.41, 5.74) is 0.243. The van der Waals surface area contributed by atoms with Crippen LogP contribution in [-0.2, 0) is 9.59 Å². The van der Waals surface area contributed by atoms with Crippen LogP contribution in [0.3, 0.4) is 0 Å². The maximum absolute atomic E-state index is 13.7. The molecule has 4 nitrogen and oxygen atoms in total. The van der Waals surface area contributed by atoms with E-state index in [0.717, 1.165) is 6.07 Å². The van der Waals surface area contributed by atoms with Gasteiger partial charge in [0.15, 0.2) is 11.6 Å². The number of halogens is 2. The van der Waals surface area contributed by atoms with E-state index in [1.165, 1.54) is 17.0 Å². The van der Waals surface area contributed by atoms with Crippen molar-refractivity contribution < 1.29 is 23.5 Å². The summed E-state index contributed by atoms with van der Waals surface area (Å²) in [7, 11) is 1.60. The number of carboxylic acid groups (broad SMARTS) is 1. The largest absolute Gasteiger partial charge is 0.481 e. The number of amides is 1. The van der Waals surface area contributed by atoms with Gasteiger partial charge >= 0.3 is 5.97 Å². The number of rotatable bonds is 6. The Balaban J connectivity index is 1.91. The van der Waals surface area contributed by atoms with Gasteiger partial charge in [-0.25, -0.2) is 8.78 Å². The zero-order valence-corrected chi connectivity index (χ0v) is 11.7. The van der Waals surface area contributed by atoms with Gasteiger partial charge in [-0.1, -0.05) is 12.1 Å². The van der Waals surface area contributed by atoms with Crippen LogP contribution in [0.15, 0.2) is 18.2 Å². The summed E-state index contributed by atoms with van der Waals surface area (Å²) >= 11 is 0. The molecule has 0 heterocycles. The molecule has 0 radical (unpaired) electrons. The van der Waals surface area contributed by atoms with Gasteiger partial charge in [-0.2, -0.15) is 0 Å². The Morgan fingerprint density at radius 1 is 1.38 bits per heavy atom. The summed E-state index contributed by atoms with van der Waals surface area (Å²) in [6.07, 6.45) is 0.885. The average molecular weight is 297 g/mol. The number of aliphatic carboxylic acids is 1. The van der Waals surface area contributed by atoms with E-state index in [1.54, 1.807) is 7.05 Å². The summed E-state index contributed by atoms with van der Waals surface area (Å²) in [5, 5.41) is 8.55. The lowest BCUT2D eigenvalue weighted by Gasteiger charge is -2.16. The molecule has 1 aromatic rings. The predicted molar refractivity (Wildman–Crippen MR) is 71.7 cm³/mol. The van der Waals surface area contributed by atoms with Crippen molar-refractivity contribution in [2.75, 3.05) is 13.6 Å². The second kappa shape index (κ2) is 6.20. The summed E-state index contributed by atoms with van der Waals surface area (Å²) in [6, 6.07) is 3.99. The molecule has 1 fully saturated rings. The molecule has 1 saturated carbocycles. The van der Waals surface area contributed by atoms with E-state index in [4.69, 9.17) is 5.11 Å². The molecular formula is C15H17F2NO3. The lowest BCUT2D eigenvalue weighted by molar-refractivity contribution is -0.138.